The molecule has 0 spiro atoms. The van der Waals surface area contributed by atoms with Crippen molar-refractivity contribution in [3.8, 4) is 0 Å². The Morgan fingerprint density at radius 3 is 2.24 bits per heavy atom. The van der Waals surface area contributed by atoms with Crippen LogP contribution in [0.5, 0.6) is 0 Å². The van der Waals surface area contributed by atoms with Crippen molar-refractivity contribution in [2.45, 2.75) is 39.3 Å². The number of rotatable bonds is 6. The Kier molecular flexibility index (Phi) is 7.32. The minimum absolute atomic E-state index is 0.113. The Bertz CT molecular complexity index is 1040. The van der Waals surface area contributed by atoms with E-state index in [0.29, 0.717) is 24.7 Å². The number of halogens is 1. The molecule has 0 aromatic heterocycles. The molecule has 2 aromatic rings. The van der Waals surface area contributed by atoms with Crippen LogP contribution in [0.4, 0.5) is 5.69 Å². The maximum Gasteiger partial charge on any atom is 0.251 e. The van der Waals surface area contributed by atoms with E-state index < -0.39 is 17.9 Å². The van der Waals surface area contributed by atoms with Gasteiger partial charge in [0, 0.05) is 41.5 Å². The number of hydrogen-bond donors (Lipinski definition) is 2. The topological polar surface area (TPSA) is 95.7 Å². The van der Waals surface area contributed by atoms with Gasteiger partial charge in [0.1, 0.15) is 6.04 Å². The number of nitrogens with one attached hydrogen (secondary N) is 1. The molecule has 3 rings (SSSR count). The van der Waals surface area contributed by atoms with Crippen molar-refractivity contribution >= 4 is 35.0 Å². The number of amides is 3. The zero-order chi connectivity index (χ0) is 24.3. The van der Waals surface area contributed by atoms with Crippen LogP contribution < -0.4 is 16.0 Å². The lowest BCUT2D eigenvalue weighted by atomic mass is 9.95. The van der Waals surface area contributed by atoms with Gasteiger partial charge in [0.2, 0.25) is 11.8 Å². The number of carbonyl (C=O) groups excluding carboxylic acids is 3. The van der Waals surface area contributed by atoms with Crippen molar-refractivity contribution in [2.75, 3.05) is 24.5 Å². The highest BCUT2D eigenvalue weighted by molar-refractivity contribution is 6.30. The van der Waals surface area contributed by atoms with Crippen molar-refractivity contribution in [2.24, 2.45) is 11.7 Å². The molecular weight excluding hydrogens is 440 g/mol. The fourth-order valence-corrected chi connectivity index (χ4v) is 4.32. The van der Waals surface area contributed by atoms with E-state index in [2.05, 4.69) is 24.1 Å². The summed E-state index contributed by atoms with van der Waals surface area (Å²) in [6, 6.07) is 13.2. The molecule has 3 N–H and O–H groups in total. The summed E-state index contributed by atoms with van der Waals surface area (Å²) in [4.78, 5) is 41.9. The highest BCUT2D eigenvalue weighted by Crippen LogP contribution is 2.29. The number of piperazine rings is 1. The molecule has 1 aliphatic rings. The van der Waals surface area contributed by atoms with Gasteiger partial charge in [0.25, 0.3) is 5.91 Å². The first-order chi connectivity index (χ1) is 15.5. The molecule has 0 aliphatic carbocycles. The molecule has 1 fully saturated rings. The fourth-order valence-electron chi connectivity index (χ4n) is 4.19. The van der Waals surface area contributed by atoms with Gasteiger partial charge >= 0.3 is 0 Å². The summed E-state index contributed by atoms with van der Waals surface area (Å²) in [6.07, 6.45) is 0. The molecule has 1 heterocycles. The number of primary amides is 1. The van der Waals surface area contributed by atoms with Crippen LogP contribution >= 0.6 is 11.6 Å². The summed E-state index contributed by atoms with van der Waals surface area (Å²) in [5.74, 6) is -1.25. The summed E-state index contributed by atoms with van der Waals surface area (Å²) in [5.41, 5.74) is 6.61. The van der Waals surface area contributed by atoms with E-state index in [0.717, 1.165) is 5.69 Å². The fraction of sp³-hybridized carbons (Fsp3) is 0.400. The lowest BCUT2D eigenvalue weighted by Crippen LogP contribution is -2.63. The monoisotopic (exact) mass is 470 g/mol. The van der Waals surface area contributed by atoms with Gasteiger partial charge in [-0.05, 0) is 62.2 Å². The van der Waals surface area contributed by atoms with E-state index in [-0.39, 0.29) is 28.5 Å². The molecule has 1 atom stereocenters. The van der Waals surface area contributed by atoms with Crippen molar-refractivity contribution in [1.29, 1.82) is 0 Å². The number of nitrogens with zero attached hydrogens (tertiary/aromatic N) is 2. The second-order valence-corrected chi connectivity index (χ2v) is 9.78. The van der Waals surface area contributed by atoms with Crippen LogP contribution in [0.3, 0.4) is 0 Å². The zero-order valence-corrected chi connectivity index (χ0v) is 20.2. The first-order valence-electron chi connectivity index (χ1n) is 11.0. The first kappa shape index (κ1) is 24.6. The van der Waals surface area contributed by atoms with E-state index in [1.807, 2.05) is 43.0 Å². The third-order valence-electron chi connectivity index (χ3n) is 5.98. The highest BCUT2D eigenvalue weighted by Gasteiger charge is 2.38. The molecule has 0 saturated carbocycles. The number of hydrogen-bond acceptors (Lipinski definition) is 4. The van der Waals surface area contributed by atoms with Crippen LogP contribution in [0.1, 0.15) is 48.4 Å². The molecule has 0 unspecified atom stereocenters. The van der Waals surface area contributed by atoms with Crippen LogP contribution in [0, 0.1) is 5.92 Å². The molecule has 8 heteroatoms. The summed E-state index contributed by atoms with van der Waals surface area (Å²) in [5, 5.41) is 3.54. The molecule has 7 nitrogen and oxygen atoms in total. The predicted octanol–water partition coefficient (Wildman–Crippen LogP) is 3.32. The Hall–Kier alpha value is -3.06. The maximum atomic E-state index is 13.5. The largest absolute Gasteiger partial charge is 0.366 e. The summed E-state index contributed by atoms with van der Waals surface area (Å²) in [6.45, 7) is 9.72. The molecule has 33 heavy (non-hydrogen) atoms. The van der Waals surface area contributed by atoms with E-state index >= 15 is 0 Å². The molecule has 3 amide bonds. The summed E-state index contributed by atoms with van der Waals surface area (Å²) in [7, 11) is 0. The molecular formula is C25H31ClN4O3. The predicted molar refractivity (Wildman–Crippen MR) is 131 cm³/mol. The van der Waals surface area contributed by atoms with Crippen molar-refractivity contribution < 1.29 is 14.4 Å². The number of carbonyl (C=O) groups is 3. The van der Waals surface area contributed by atoms with Crippen molar-refractivity contribution in [3.05, 3.63) is 64.7 Å². The van der Waals surface area contributed by atoms with Gasteiger partial charge in [0.15, 0.2) is 0 Å². The molecule has 176 valence electrons. The van der Waals surface area contributed by atoms with Crippen LogP contribution in [0.2, 0.25) is 5.02 Å². The second kappa shape index (κ2) is 9.83. The van der Waals surface area contributed by atoms with Gasteiger partial charge in [-0.3, -0.25) is 14.4 Å². The number of anilines is 1. The van der Waals surface area contributed by atoms with E-state index in [4.69, 9.17) is 17.3 Å². The van der Waals surface area contributed by atoms with E-state index in [1.165, 1.54) is 6.07 Å². The minimum atomic E-state index is -0.687. The minimum Gasteiger partial charge on any atom is -0.366 e. The normalized spacial score (nSPS) is 16.4. The first-order valence-corrected chi connectivity index (χ1v) is 11.4. The SMILES string of the molecule is CC(C)[C@@H](NC(=O)c1cccc(C(N)=O)c1)C(=O)N1CCN(c2ccc(Cl)cc2)C(C)(C)C1. The van der Waals surface area contributed by atoms with Crippen LogP contribution in [-0.2, 0) is 4.79 Å². The smallest absolute Gasteiger partial charge is 0.251 e. The standard InChI is InChI=1S/C25H31ClN4O3/c1-16(2)21(28-23(32)18-7-5-6-17(14-18)22(27)31)24(33)29-12-13-30(25(3,4)15-29)20-10-8-19(26)9-11-20/h5-11,14,16,21H,12-13,15H2,1-4H3,(H2,27,31)(H,28,32)/t21-/m1/s1. The average molecular weight is 471 g/mol. The van der Waals surface area contributed by atoms with Crippen LogP contribution in [0.25, 0.3) is 0 Å². The number of nitrogens with two attached hydrogens (primary N) is 1. The van der Waals surface area contributed by atoms with Gasteiger partial charge in [-0.1, -0.05) is 31.5 Å². The van der Waals surface area contributed by atoms with Gasteiger partial charge in [0.05, 0.1) is 5.54 Å². The Labute approximate surface area is 199 Å². The molecule has 1 aliphatic heterocycles. The van der Waals surface area contributed by atoms with Gasteiger partial charge < -0.3 is 20.9 Å². The third-order valence-corrected chi connectivity index (χ3v) is 6.23. The lowest BCUT2D eigenvalue weighted by Gasteiger charge is -2.49. The highest BCUT2D eigenvalue weighted by atomic mass is 35.5. The quantitative estimate of drug-likeness (QED) is 0.676. The summed E-state index contributed by atoms with van der Waals surface area (Å²) < 4.78 is 0. The molecule has 0 radical (unpaired) electrons. The summed E-state index contributed by atoms with van der Waals surface area (Å²) >= 11 is 6.03. The zero-order valence-electron chi connectivity index (χ0n) is 19.5. The Balaban J connectivity index is 1.73. The molecule has 1 saturated heterocycles. The number of benzene rings is 2. The van der Waals surface area contributed by atoms with E-state index in [1.54, 1.807) is 18.2 Å². The maximum absolute atomic E-state index is 13.5. The van der Waals surface area contributed by atoms with Crippen molar-refractivity contribution in [1.82, 2.24) is 10.2 Å². The molecule has 2 aromatic carbocycles. The second-order valence-electron chi connectivity index (χ2n) is 9.34. The Morgan fingerprint density at radius 1 is 1.03 bits per heavy atom. The third kappa shape index (κ3) is 5.66. The van der Waals surface area contributed by atoms with Crippen molar-refractivity contribution in [3.63, 3.8) is 0 Å². The molecule has 0 bridgehead atoms. The van der Waals surface area contributed by atoms with Gasteiger partial charge in [-0.15, -0.1) is 0 Å². The van der Waals surface area contributed by atoms with Crippen LogP contribution in [0.15, 0.2) is 48.5 Å². The van der Waals surface area contributed by atoms with Gasteiger partial charge in [-0.2, -0.15) is 0 Å². The van der Waals surface area contributed by atoms with Crippen LogP contribution in [-0.4, -0.2) is 53.8 Å². The van der Waals surface area contributed by atoms with E-state index in [9.17, 15) is 14.4 Å². The Morgan fingerprint density at radius 2 is 1.67 bits per heavy atom. The van der Waals surface area contributed by atoms with Gasteiger partial charge in [-0.25, -0.2) is 0 Å². The average Bonchev–Trinajstić information content (AvgIpc) is 2.76. The lowest BCUT2D eigenvalue weighted by molar-refractivity contribution is -0.135.